The molecule has 0 fully saturated rings. The van der Waals surface area contributed by atoms with Crippen molar-refractivity contribution < 1.29 is 4.79 Å². The molecule has 0 aliphatic heterocycles. The summed E-state index contributed by atoms with van der Waals surface area (Å²) in [4.78, 5) is 11.4. The van der Waals surface area contributed by atoms with Gasteiger partial charge in [-0.3, -0.25) is 4.79 Å². The minimum Gasteiger partial charge on any atom is -0.295 e. The first kappa shape index (κ1) is 10.3. The second-order valence-electron chi connectivity index (χ2n) is 4.61. The van der Waals surface area contributed by atoms with Crippen molar-refractivity contribution in [2.75, 3.05) is 0 Å². The molecule has 0 aromatic heterocycles. The number of hydrogen-bond acceptors (Lipinski definition) is 1. The fourth-order valence-electron chi connectivity index (χ4n) is 2.47. The van der Waals surface area contributed by atoms with Crippen LogP contribution in [0.3, 0.4) is 0 Å². The van der Waals surface area contributed by atoms with Crippen LogP contribution >= 0.6 is 0 Å². The molecule has 2 aromatic rings. The average molecular weight is 222 g/mol. The number of hydrogen-bond donors (Lipinski definition) is 0. The smallest absolute Gasteiger partial charge is 0.155 e. The maximum atomic E-state index is 11.4. The Morgan fingerprint density at radius 3 is 2.65 bits per heavy atom. The molecule has 0 N–H and O–H groups in total. The SMILES string of the molecule is O=C1C=CC[C@H](c2ccc3ccccc3c2)C1. The second-order valence-corrected chi connectivity index (χ2v) is 4.61. The van der Waals surface area contributed by atoms with Gasteiger partial charge in [0.05, 0.1) is 0 Å². The minimum atomic E-state index is 0.245. The van der Waals surface area contributed by atoms with Gasteiger partial charge in [-0.15, -0.1) is 0 Å². The molecule has 1 aliphatic carbocycles. The van der Waals surface area contributed by atoms with Crippen molar-refractivity contribution in [1.29, 1.82) is 0 Å². The highest BCUT2D eigenvalue weighted by atomic mass is 16.1. The lowest BCUT2D eigenvalue weighted by atomic mass is 9.86. The van der Waals surface area contributed by atoms with E-state index in [4.69, 9.17) is 0 Å². The van der Waals surface area contributed by atoms with Crippen LogP contribution in [0.15, 0.2) is 54.6 Å². The third-order valence-corrected chi connectivity index (χ3v) is 3.42. The van der Waals surface area contributed by atoms with Gasteiger partial charge in [0.1, 0.15) is 0 Å². The highest BCUT2D eigenvalue weighted by molar-refractivity contribution is 5.91. The zero-order chi connectivity index (χ0) is 11.7. The molecule has 0 spiro atoms. The lowest BCUT2D eigenvalue weighted by Crippen LogP contribution is -2.08. The van der Waals surface area contributed by atoms with Gasteiger partial charge in [0.15, 0.2) is 5.78 Å². The van der Waals surface area contributed by atoms with Crippen LogP contribution in [-0.2, 0) is 4.79 Å². The first-order valence-corrected chi connectivity index (χ1v) is 6.01. The van der Waals surface area contributed by atoms with E-state index in [1.165, 1.54) is 16.3 Å². The lowest BCUT2D eigenvalue weighted by Gasteiger charge is -2.17. The van der Waals surface area contributed by atoms with E-state index in [9.17, 15) is 4.79 Å². The van der Waals surface area contributed by atoms with E-state index < -0.39 is 0 Å². The number of carbonyl (C=O) groups is 1. The van der Waals surface area contributed by atoms with E-state index in [0.717, 1.165) is 6.42 Å². The molecule has 84 valence electrons. The number of fused-ring (bicyclic) bond motifs is 1. The highest BCUT2D eigenvalue weighted by Gasteiger charge is 2.17. The van der Waals surface area contributed by atoms with Crippen LogP contribution in [0, 0.1) is 0 Å². The van der Waals surface area contributed by atoms with Crippen molar-refractivity contribution in [2.45, 2.75) is 18.8 Å². The van der Waals surface area contributed by atoms with Gasteiger partial charge in [0, 0.05) is 6.42 Å². The molecule has 1 nitrogen and oxygen atoms in total. The second kappa shape index (κ2) is 4.17. The topological polar surface area (TPSA) is 17.1 Å². The summed E-state index contributed by atoms with van der Waals surface area (Å²) in [5, 5.41) is 2.51. The third kappa shape index (κ3) is 2.01. The third-order valence-electron chi connectivity index (χ3n) is 3.42. The van der Waals surface area contributed by atoms with E-state index in [0.29, 0.717) is 12.3 Å². The summed E-state index contributed by atoms with van der Waals surface area (Å²) in [7, 11) is 0. The lowest BCUT2D eigenvalue weighted by molar-refractivity contribution is -0.115. The molecule has 17 heavy (non-hydrogen) atoms. The summed E-state index contributed by atoms with van der Waals surface area (Å²) < 4.78 is 0. The molecule has 1 heteroatoms. The van der Waals surface area contributed by atoms with Crippen molar-refractivity contribution in [1.82, 2.24) is 0 Å². The van der Waals surface area contributed by atoms with E-state index in [-0.39, 0.29) is 5.78 Å². The van der Waals surface area contributed by atoms with Crippen molar-refractivity contribution in [3.05, 3.63) is 60.2 Å². The molecule has 1 aliphatic rings. The van der Waals surface area contributed by atoms with Crippen molar-refractivity contribution in [3.63, 3.8) is 0 Å². The molecule has 0 bridgehead atoms. The van der Waals surface area contributed by atoms with E-state index in [1.807, 2.05) is 6.08 Å². The number of allylic oxidation sites excluding steroid dienone is 2. The monoisotopic (exact) mass is 222 g/mol. The van der Waals surface area contributed by atoms with Crippen LogP contribution in [-0.4, -0.2) is 5.78 Å². The van der Waals surface area contributed by atoms with Gasteiger partial charge >= 0.3 is 0 Å². The van der Waals surface area contributed by atoms with Crippen molar-refractivity contribution >= 4 is 16.6 Å². The quantitative estimate of drug-likeness (QED) is 0.716. The van der Waals surface area contributed by atoms with Crippen LogP contribution in [0.2, 0.25) is 0 Å². The molecular formula is C16H14O. The van der Waals surface area contributed by atoms with E-state index >= 15 is 0 Å². The Morgan fingerprint density at radius 1 is 1.00 bits per heavy atom. The summed E-state index contributed by atoms with van der Waals surface area (Å²) in [6.45, 7) is 0. The van der Waals surface area contributed by atoms with Gasteiger partial charge in [0.2, 0.25) is 0 Å². The molecular weight excluding hydrogens is 208 g/mol. The van der Waals surface area contributed by atoms with Crippen LogP contribution in [0.5, 0.6) is 0 Å². The zero-order valence-corrected chi connectivity index (χ0v) is 9.60. The predicted octanol–water partition coefficient (Wildman–Crippen LogP) is 3.84. The Labute approximate surface area is 101 Å². The summed E-state index contributed by atoms with van der Waals surface area (Å²) in [6, 6.07) is 14.9. The number of benzene rings is 2. The summed E-state index contributed by atoms with van der Waals surface area (Å²) in [5.41, 5.74) is 1.28. The fourth-order valence-corrected chi connectivity index (χ4v) is 2.47. The number of carbonyl (C=O) groups excluding carboxylic acids is 1. The Hall–Kier alpha value is -1.89. The molecule has 3 rings (SSSR count). The van der Waals surface area contributed by atoms with E-state index in [1.54, 1.807) is 6.08 Å². The highest BCUT2D eigenvalue weighted by Crippen LogP contribution is 2.29. The fraction of sp³-hybridized carbons (Fsp3) is 0.188. The largest absolute Gasteiger partial charge is 0.295 e. The Bertz CT molecular complexity index is 595. The first-order valence-electron chi connectivity index (χ1n) is 6.01. The summed E-state index contributed by atoms with van der Waals surface area (Å²) in [5.74, 6) is 0.603. The Balaban J connectivity index is 2.00. The van der Waals surface area contributed by atoms with Crippen LogP contribution in [0.1, 0.15) is 24.3 Å². The Kier molecular flexibility index (Phi) is 2.52. The molecule has 0 heterocycles. The van der Waals surface area contributed by atoms with Crippen molar-refractivity contribution in [2.24, 2.45) is 0 Å². The molecule has 0 unspecified atom stereocenters. The van der Waals surface area contributed by atoms with Gasteiger partial charge in [-0.1, -0.05) is 48.5 Å². The number of ketones is 1. The summed E-state index contributed by atoms with van der Waals surface area (Å²) in [6.07, 6.45) is 5.32. The molecule has 1 atom stereocenters. The minimum absolute atomic E-state index is 0.245. The molecule has 0 amide bonds. The average Bonchev–Trinajstić information content (AvgIpc) is 2.38. The first-order chi connectivity index (χ1) is 8.33. The van der Waals surface area contributed by atoms with Crippen LogP contribution in [0.4, 0.5) is 0 Å². The normalized spacial score (nSPS) is 19.8. The van der Waals surface area contributed by atoms with Crippen LogP contribution in [0.25, 0.3) is 10.8 Å². The predicted molar refractivity (Wildman–Crippen MR) is 70.1 cm³/mol. The summed E-state index contributed by atoms with van der Waals surface area (Å²) >= 11 is 0. The van der Waals surface area contributed by atoms with Gasteiger partial charge in [-0.05, 0) is 34.8 Å². The molecule has 0 radical (unpaired) electrons. The standard InChI is InChI=1S/C16H14O/c17-16-7-3-6-14(11-16)15-9-8-12-4-1-2-5-13(12)10-15/h1-5,7-10,14H,6,11H2/t14-/m0/s1. The van der Waals surface area contributed by atoms with Gasteiger partial charge in [-0.2, -0.15) is 0 Å². The molecule has 0 saturated carbocycles. The Morgan fingerprint density at radius 2 is 1.82 bits per heavy atom. The zero-order valence-electron chi connectivity index (χ0n) is 9.60. The molecule has 2 aromatic carbocycles. The van der Waals surface area contributed by atoms with Gasteiger partial charge in [0.25, 0.3) is 0 Å². The van der Waals surface area contributed by atoms with Gasteiger partial charge < -0.3 is 0 Å². The molecule has 0 saturated heterocycles. The maximum Gasteiger partial charge on any atom is 0.155 e. The number of rotatable bonds is 1. The van der Waals surface area contributed by atoms with Crippen molar-refractivity contribution in [3.8, 4) is 0 Å². The van der Waals surface area contributed by atoms with Gasteiger partial charge in [-0.25, -0.2) is 0 Å². The van der Waals surface area contributed by atoms with E-state index in [2.05, 4.69) is 42.5 Å². The maximum absolute atomic E-state index is 11.4. The van der Waals surface area contributed by atoms with Crippen LogP contribution < -0.4 is 0 Å².